The summed E-state index contributed by atoms with van der Waals surface area (Å²) in [6.45, 7) is 9.48. The van der Waals surface area contributed by atoms with E-state index in [1.807, 2.05) is 12.1 Å². The molecule has 0 spiro atoms. The lowest BCUT2D eigenvalue weighted by Crippen LogP contribution is -2.62. The highest BCUT2D eigenvalue weighted by Gasteiger charge is 2.54. The van der Waals surface area contributed by atoms with Crippen molar-refractivity contribution in [3.8, 4) is 22.9 Å². The summed E-state index contributed by atoms with van der Waals surface area (Å²) in [6.07, 6.45) is 1.98. The van der Waals surface area contributed by atoms with Gasteiger partial charge in [-0.1, -0.05) is 20.8 Å². The number of aromatic nitrogens is 2. The molecule has 9 nitrogen and oxygen atoms in total. The van der Waals surface area contributed by atoms with E-state index in [1.165, 1.54) is 12.7 Å². The third-order valence-electron chi connectivity index (χ3n) is 8.97. The van der Waals surface area contributed by atoms with E-state index in [4.69, 9.17) is 23.9 Å². The number of cyclic esters (lactones) is 1. The summed E-state index contributed by atoms with van der Waals surface area (Å²) in [5.41, 5.74) is 5.41. The molecule has 0 amide bonds. The fourth-order valence-electron chi connectivity index (χ4n) is 7.68. The number of rotatable bonds is 5. The first kappa shape index (κ1) is 24.6. The molecular formula is C30H33N3O6. The SMILES string of the molecule is CCC1(c2c3c(nc4cc5c(cc24)OCO5)-c2cc4c(c(=O)n2C3)COC(=O)C4OC)CC(C)(NC(C)C)C1. The van der Waals surface area contributed by atoms with Gasteiger partial charge < -0.3 is 28.8 Å². The number of ether oxygens (including phenoxy) is 4. The van der Waals surface area contributed by atoms with Gasteiger partial charge in [0.1, 0.15) is 6.61 Å². The average molecular weight is 532 g/mol. The minimum atomic E-state index is -0.929. The van der Waals surface area contributed by atoms with E-state index in [1.54, 1.807) is 4.57 Å². The summed E-state index contributed by atoms with van der Waals surface area (Å²) in [4.78, 5) is 31.3. The number of pyridine rings is 2. The van der Waals surface area contributed by atoms with Gasteiger partial charge in [0.25, 0.3) is 5.56 Å². The zero-order valence-corrected chi connectivity index (χ0v) is 23.0. The van der Waals surface area contributed by atoms with Gasteiger partial charge in [0.15, 0.2) is 17.6 Å². The Morgan fingerprint density at radius 2 is 1.87 bits per heavy atom. The Bertz CT molecular complexity index is 1620. The van der Waals surface area contributed by atoms with Crippen molar-refractivity contribution < 1.29 is 23.7 Å². The van der Waals surface area contributed by atoms with Crippen LogP contribution in [-0.2, 0) is 32.8 Å². The van der Waals surface area contributed by atoms with Crippen molar-refractivity contribution >= 4 is 16.9 Å². The molecule has 1 saturated carbocycles. The summed E-state index contributed by atoms with van der Waals surface area (Å²) in [5, 5.41) is 4.82. The summed E-state index contributed by atoms with van der Waals surface area (Å²) in [6, 6.07) is 6.29. The predicted octanol–water partition coefficient (Wildman–Crippen LogP) is 4.10. The first-order valence-corrected chi connectivity index (χ1v) is 13.7. The summed E-state index contributed by atoms with van der Waals surface area (Å²) < 4.78 is 24.0. The second-order valence-electron chi connectivity index (χ2n) is 12.0. The zero-order valence-electron chi connectivity index (χ0n) is 23.0. The fraction of sp³-hybridized carbons (Fsp3) is 0.500. The summed E-state index contributed by atoms with van der Waals surface area (Å²) in [5.74, 6) is 0.916. The third-order valence-corrected chi connectivity index (χ3v) is 8.97. The number of methoxy groups -OCH3 is 1. The van der Waals surface area contributed by atoms with Crippen molar-refractivity contribution in [3.63, 3.8) is 0 Å². The minimum Gasteiger partial charge on any atom is -0.458 e. The van der Waals surface area contributed by atoms with Gasteiger partial charge in [-0.05, 0) is 49.3 Å². The highest BCUT2D eigenvalue weighted by molar-refractivity contribution is 5.92. The fourth-order valence-corrected chi connectivity index (χ4v) is 7.68. The van der Waals surface area contributed by atoms with Crippen LogP contribution < -0.4 is 20.3 Å². The first-order chi connectivity index (χ1) is 18.7. The Morgan fingerprint density at radius 1 is 1.13 bits per heavy atom. The van der Waals surface area contributed by atoms with Crippen molar-refractivity contribution in [2.24, 2.45) is 0 Å². The lowest BCUT2D eigenvalue weighted by atomic mass is 9.52. The van der Waals surface area contributed by atoms with Gasteiger partial charge in [-0.3, -0.25) is 4.79 Å². The number of nitrogens with one attached hydrogen (secondary N) is 1. The van der Waals surface area contributed by atoms with Gasteiger partial charge in [-0.15, -0.1) is 0 Å². The highest BCUT2D eigenvalue weighted by Crippen LogP contribution is 2.57. The Balaban J connectivity index is 1.48. The minimum absolute atomic E-state index is 0.0216. The number of carbonyl (C=O) groups is 1. The van der Waals surface area contributed by atoms with Crippen LogP contribution >= 0.6 is 0 Å². The van der Waals surface area contributed by atoms with Crippen molar-refractivity contribution in [1.29, 1.82) is 0 Å². The Labute approximate surface area is 226 Å². The highest BCUT2D eigenvalue weighted by atomic mass is 16.7. The first-order valence-electron chi connectivity index (χ1n) is 13.7. The number of nitrogens with zero attached hydrogens (tertiary/aromatic N) is 2. The Morgan fingerprint density at radius 3 is 2.56 bits per heavy atom. The molecule has 2 aromatic heterocycles. The second-order valence-corrected chi connectivity index (χ2v) is 12.0. The summed E-state index contributed by atoms with van der Waals surface area (Å²) in [7, 11) is 1.45. The van der Waals surface area contributed by atoms with E-state index in [0.29, 0.717) is 35.2 Å². The van der Waals surface area contributed by atoms with Gasteiger partial charge in [0, 0.05) is 41.3 Å². The van der Waals surface area contributed by atoms with Crippen LogP contribution in [0.4, 0.5) is 0 Å². The predicted molar refractivity (Wildman–Crippen MR) is 144 cm³/mol. The van der Waals surface area contributed by atoms with Crippen LogP contribution in [0.2, 0.25) is 0 Å². The third kappa shape index (κ3) is 3.42. The van der Waals surface area contributed by atoms with Gasteiger partial charge in [-0.25, -0.2) is 9.78 Å². The maximum absolute atomic E-state index is 13.8. The lowest BCUT2D eigenvalue weighted by Gasteiger charge is -2.57. The van der Waals surface area contributed by atoms with Crippen LogP contribution in [-0.4, -0.2) is 41.0 Å². The molecule has 1 fully saturated rings. The molecule has 3 aliphatic heterocycles. The van der Waals surface area contributed by atoms with Gasteiger partial charge in [0.2, 0.25) is 6.79 Å². The Kier molecular flexibility index (Phi) is 5.23. The van der Waals surface area contributed by atoms with Crippen LogP contribution in [0.25, 0.3) is 22.3 Å². The van der Waals surface area contributed by atoms with E-state index in [-0.39, 0.29) is 29.9 Å². The number of benzene rings is 1. The molecule has 1 N–H and O–H groups in total. The lowest BCUT2D eigenvalue weighted by molar-refractivity contribution is -0.159. The molecule has 1 aromatic carbocycles. The van der Waals surface area contributed by atoms with E-state index >= 15 is 0 Å². The largest absolute Gasteiger partial charge is 0.458 e. The quantitative estimate of drug-likeness (QED) is 0.384. The molecule has 7 rings (SSSR count). The van der Waals surface area contributed by atoms with E-state index in [0.717, 1.165) is 47.2 Å². The molecule has 39 heavy (non-hydrogen) atoms. The smallest absolute Gasteiger partial charge is 0.340 e. The van der Waals surface area contributed by atoms with E-state index in [9.17, 15) is 9.59 Å². The molecule has 1 unspecified atom stereocenters. The van der Waals surface area contributed by atoms with E-state index < -0.39 is 12.1 Å². The standard InChI is InChI=1S/C30H33N3O6/c1-6-30(12-29(4,13-30)32-15(2)3)24-17-8-22-23(39-14-38-22)9-20(17)31-25-18(24)10-33-21(25)7-16-19(27(33)34)11-37-28(35)26(16)36-5/h7-9,15,26,32H,6,10-14H2,1-5H3. The van der Waals surface area contributed by atoms with Gasteiger partial charge in [-0.2, -0.15) is 0 Å². The molecule has 1 atom stereocenters. The van der Waals surface area contributed by atoms with Gasteiger partial charge in [0.05, 0.1) is 29.0 Å². The molecule has 0 bridgehead atoms. The number of esters is 1. The maximum Gasteiger partial charge on any atom is 0.340 e. The molecule has 3 aromatic rings. The molecule has 0 radical (unpaired) electrons. The molecule has 0 saturated heterocycles. The second kappa shape index (κ2) is 8.29. The van der Waals surface area contributed by atoms with Crippen LogP contribution in [0.1, 0.15) is 75.3 Å². The van der Waals surface area contributed by atoms with Gasteiger partial charge >= 0.3 is 5.97 Å². The monoisotopic (exact) mass is 531 g/mol. The number of fused-ring (bicyclic) bond motifs is 6. The van der Waals surface area contributed by atoms with Crippen molar-refractivity contribution in [2.75, 3.05) is 13.9 Å². The number of hydrogen-bond acceptors (Lipinski definition) is 8. The molecule has 1 aliphatic carbocycles. The van der Waals surface area contributed by atoms with Crippen molar-refractivity contribution in [1.82, 2.24) is 14.9 Å². The molecular weight excluding hydrogens is 498 g/mol. The average Bonchev–Trinajstić information content (AvgIpc) is 3.48. The Hall–Kier alpha value is -3.43. The zero-order chi connectivity index (χ0) is 27.3. The van der Waals surface area contributed by atoms with Crippen LogP contribution in [0.3, 0.4) is 0 Å². The number of carbonyl (C=O) groups excluding carboxylic acids is 1. The summed E-state index contributed by atoms with van der Waals surface area (Å²) >= 11 is 0. The topological polar surface area (TPSA) is 101 Å². The molecule has 4 aliphatic rings. The van der Waals surface area contributed by atoms with Crippen molar-refractivity contribution in [2.45, 2.75) is 83.2 Å². The van der Waals surface area contributed by atoms with Crippen LogP contribution in [0, 0.1) is 0 Å². The van der Waals surface area contributed by atoms with Crippen LogP contribution in [0.5, 0.6) is 11.5 Å². The molecule has 5 heterocycles. The van der Waals surface area contributed by atoms with Crippen LogP contribution in [0.15, 0.2) is 23.0 Å². The molecule has 9 heteroatoms. The number of hydrogen-bond donors (Lipinski definition) is 1. The normalized spacial score (nSPS) is 26.3. The maximum atomic E-state index is 13.8. The van der Waals surface area contributed by atoms with Crippen molar-refractivity contribution in [3.05, 3.63) is 50.8 Å². The molecule has 204 valence electrons. The van der Waals surface area contributed by atoms with E-state index in [2.05, 4.69) is 39.1 Å².